The summed E-state index contributed by atoms with van der Waals surface area (Å²) in [7, 11) is 1.55. The van der Waals surface area contributed by atoms with E-state index in [0.29, 0.717) is 18.0 Å². The van der Waals surface area contributed by atoms with Gasteiger partial charge in [0, 0.05) is 5.92 Å². The van der Waals surface area contributed by atoms with Crippen LogP contribution in [0.5, 0.6) is 0 Å². The average molecular weight is 158 g/mol. The van der Waals surface area contributed by atoms with E-state index in [1.54, 1.807) is 14.0 Å². The second kappa shape index (κ2) is 4.77. The van der Waals surface area contributed by atoms with Crippen molar-refractivity contribution < 1.29 is 14.3 Å². The van der Waals surface area contributed by atoms with Gasteiger partial charge in [-0.05, 0) is 6.92 Å². The fourth-order valence-electron chi connectivity index (χ4n) is 0.778. The van der Waals surface area contributed by atoms with E-state index in [1.165, 1.54) is 0 Å². The van der Waals surface area contributed by atoms with E-state index in [9.17, 15) is 4.79 Å². The topological polar surface area (TPSA) is 35.5 Å². The number of hydrogen-bond donors (Lipinski definition) is 0. The summed E-state index contributed by atoms with van der Waals surface area (Å²) in [5, 5.41) is 0. The molecule has 0 aliphatic carbocycles. The van der Waals surface area contributed by atoms with Gasteiger partial charge in [0.1, 0.15) is 11.5 Å². The Balaban J connectivity index is 4.42. The molecule has 0 rings (SSSR count). The first-order valence-corrected chi connectivity index (χ1v) is 3.48. The third kappa shape index (κ3) is 3.07. The molecular formula is C8H14O3. The highest BCUT2D eigenvalue weighted by molar-refractivity contribution is 5.40. The Labute approximate surface area is 67.0 Å². The van der Waals surface area contributed by atoms with Crippen LogP contribution >= 0.6 is 0 Å². The molecule has 0 heterocycles. The summed E-state index contributed by atoms with van der Waals surface area (Å²) >= 11 is 0. The number of methoxy groups -OCH3 is 1. The molecule has 0 atom stereocenters. The lowest BCUT2D eigenvalue weighted by molar-refractivity contribution is -0.126. The first-order chi connectivity index (χ1) is 5.13. The van der Waals surface area contributed by atoms with Crippen LogP contribution in [0.25, 0.3) is 0 Å². The van der Waals surface area contributed by atoms with Crippen LogP contribution in [0.4, 0.5) is 0 Å². The number of carbonyl (C=O) groups is 1. The van der Waals surface area contributed by atoms with E-state index in [1.807, 2.05) is 13.8 Å². The lowest BCUT2D eigenvalue weighted by atomic mass is 10.1. The van der Waals surface area contributed by atoms with Gasteiger partial charge >= 0.3 is 0 Å². The smallest absolute Gasteiger partial charge is 0.298 e. The van der Waals surface area contributed by atoms with Crippen LogP contribution in [0, 0.1) is 5.92 Å². The average Bonchev–Trinajstić information content (AvgIpc) is 1.98. The Bertz CT molecular complexity index is 159. The van der Waals surface area contributed by atoms with Crippen LogP contribution in [0.15, 0.2) is 11.5 Å². The minimum absolute atomic E-state index is 0.167. The highest BCUT2D eigenvalue weighted by Crippen LogP contribution is 2.15. The highest BCUT2D eigenvalue weighted by Gasteiger charge is 2.08. The van der Waals surface area contributed by atoms with Crippen LogP contribution in [-0.2, 0) is 14.3 Å². The van der Waals surface area contributed by atoms with Gasteiger partial charge in [0.2, 0.25) is 0 Å². The molecule has 0 aliphatic heterocycles. The van der Waals surface area contributed by atoms with Gasteiger partial charge in [-0.2, -0.15) is 0 Å². The first-order valence-electron chi connectivity index (χ1n) is 3.48. The van der Waals surface area contributed by atoms with Crippen molar-refractivity contribution in [3.8, 4) is 0 Å². The molecule has 0 amide bonds. The summed E-state index contributed by atoms with van der Waals surface area (Å²) in [6.07, 6.45) is 0. The van der Waals surface area contributed by atoms with Gasteiger partial charge in [-0.1, -0.05) is 13.8 Å². The summed E-state index contributed by atoms with van der Waals surface area (Å²) in [5.41, 5.74) is 0. The summed E-state index contributed by atoms with van der Waals surface area (Å²) in [6.45, 7) is 6.04. The number of ether oxygens (including phenoxy) is 2. The number of hydrogen-bond acceptors (Lipinski definition) is 3. The molecule has 0 saturated heterocycles. The molecule has 0 bridgehead atoms. The second-order valence-electron chi connectivity index (χ2n) is 2.49. The number of allylic oxidation sites excluding steroid dienone is 2. The molecule has 0 N–H and O–H groups in total. The fraction of sp³-hybridized carbons (Fsp3) is 0.625. The Hall–Kier alpha value is -0.990. The summed E-state index contributed by atoms with van der Waals surface area (Å²) in [5.74, 6) is 1.40. The monoisotopic (exact) mass is 158 g/mol. The minimum Gasteiger partial charge on any atom is -0.498 e. The molecule has 11 heavy (non-hydrogen) atoms. The zero-order valence-electron chi connectivity index (χ0n) is 7.38. The maximum atomic E-state index is 10.0. The minimum atomic E-state index is 0.167. The molecular weight excluding hydrogens is 144 g/mol. The molecule has 0 aromatic rings. The maximum Gasteiger partial charge on any atom is 0.298 e. The maximum absolute atomic E-state index is 10.0. The zero-order valence-corrected chi connectivity index (χ0v) is 7.38. The van der Waals surface area contributed by atoms with Crippen molar-refractivity contribution in [2.24, 2.45) is 5.92 Å². The summed E-state index contributed by atoms with van der Waals surface area (Å²) in [6, 6.07) is 0. The molecule has 0 fully saturated rings. The second-order valence-corrected chi connectivity index (χ2v) is 2.49. The Kier molecular flexibility index (Phi) is 4.34. The molecule has 0 radical (unpaired) electrons. The molecule has 0 aromatic carbocycles. The van der Waals surface area contributed by atoms with Gasteiger partial charge < -0.3 is 9.47 Å². The van der Waals surface area contributed by atoms with E-state index < -0.39 is 0 Å². The molecule has 0 unspecified atom stereocenters. The van der Waals surface area contributed by atoms with Crippen molar-refractivity contribution in [3.63, 3.8) is 0 Å². The standard InChI is InChI=1S/C8H14O3/c1-6(2)8(11-5-9)7(3)10-4/h5-6H,1-4H3/b8-7-. The van der Waals surface area contributed by atoms with Crippen molar-refractivity contribution in [1.29, 1.82) is 0 Å². The first kappa shape index (κ1) is 10.0. The third-order valence-electron chi connectivity index (χ3n) is 1.35. The zero-order chi connectivity index (χ0) is 8.85. The van der Waals surface area contributed by atoms with Gasteiger partial charge in [-0.3, -0.25) is 4.79 Å². The van der Waals surface area contributed by atoms with Crippen molar-refractivity contribution >= 4 is 6.47 Å². The van der Waals surface area contributed by atoms with Crippen molar-refractivity contribution in [2.45, 2.75) is 20.8 Å². The lowest BCUT2D eigenvalue weighted by Gasteiger charge is -2.11. The van der Waals surface area contributed by atoms with Crippen LogP contribution in [0.3, 0.4) is 0 Å². The van der Waals surface area contributed by atoms with Crippen molar-refractivity contribution in [1.82, 2.24) is 0 Å². The normalized spacial score (nSPS) is 12.5. The molecule has 0 spiro atoms. The number of carbonyl (C=O) groups excluding carboxylic acids is 1. The third-order valence-corrected chi connectivity index (χ3v) is 1.35. The van der Waals surface area contributed by atoms with E-state index in [4.69, 9.17) is 9.47 Å². The summed E-state index contributed by atoms with van der Waals surface area (Å²) < 4.78 is 9.65. The van der Waals surface area contributed by atoms with Crippen LogP contribution in [0.2, 0.25) is 0 Å². The van der Waals surface area contributed by atoms with E-state index in [0.717, 1.165) is 0 Å². The van der Waals surface area contributed by atoms with Gasteiger partial charge in [0.05, 0.1) is 7.11 Å². The van der Waals surface area contributed by atoms with E-state index in [2.05, 4.69) is 0 Å². The lowest BCUT2D eigenvalue weighted by Crippen LogP contribution is -2.02. The highest BCUT2D eigenvalue weighted by atomic mass is 16.5. The van der Waals surface area contributed by atoms with Crippen LogP contribution < -0.4 is 0 Å². The molecule has 3 nitrogen and oxygen atoms in total. The van der Waals surface area contributed by atoms with Crippen LogP contribution in [-0.4, -0.2) is 13.6 Å². The van der Waals surface area contributed by atoms with Gasteiger partial charge in [-0.25, -0.2) is 0 Å². The van der Waals surface area contributed by atoms with Gasteiger partial charge in [0.15, 0.2) is 0 Å². The van der Waals surface area contributed by atoms with Crippen molar-refractivity contribution in [3.05, 3.63) is 11.5 Å². The predicted molar refractivity (Wildman–Crippen MR) is 41.7 cm³/mol. The van der Waals surface area contributed by atoms with Gasteiger partial charge in [0.25, 0.3) is 6.47 Å². The predicted octanol–water partition coefficient (Wildman–Crippen LogP) is 1.69. The van der Waals surface area contributed by atoms with Crippen molar-refractivity contribution in [2.75, 3.05) is 7.11 Å². The van der Waals surface area contributed by atoms with Gasteiger partial charge in [-0.15, -0.1) is 0 Å². The molecule has 3 heteroatoms. The van der Waals surface area contributed by atoms with E-state index in [-0.39, 0.29) is 5.92 Å². The quantitative estimate of drug-likeness (QED) is 0.461. The Morgan fingerprint density at radius 3 is 2.27 bits per heavy atom. The molecule has 0 aliphatic rings. The van der Waals surface area contributed by atoms with Crippen LogP contribution in [0.1, 0.15) is 20.8 Å². The molecule has 64 valence electrons. The Morgan fingerprint density at radius 1 is 1.45 bits per heavy atom. The van der Waals surface area contributed by atoms with E-state index >= 15 is 0 Å². The summed E-state index contributed by atoms with van der Waals surface area (Å²) in [4.78, 5) is 10.0. The number of rotatable bonds is 4. The largest absolute Gasteiger partial charge is 0.498 e. The molecule has 0 aromatic heterocycles. The SMILES string of the molecule is CO/C(C)=C(\OC=O)C(C)C. The fourth-order valence-corrected chi connectivity index (χ4v) is 0.778. The molecule has 0 saturated carbocycles. The Morgan fingerprint density at radius 2 is 2.00 bits per heavy atom.